The molecule has 0 spiro atoms. The topological polar surface area (TPSA) is 67.2 Å². The van der Waals surface area contributed by atoms with Crippen LogP contribution in [0.4, 0.5) is 0 Å². The van der Waals surface area contributed by atoms with Crippen molar-refractivity contribution in [2.24, 2.45) is 7.05 Å². The van der Waals surface area contributed by atoms with Crippen LogP contribution in [0.2, 0.25) is 0 Å². The van der Waals surface area contributed by atoms with Gasteiger partial charge in [0, 0.05) is 24.6 Å². The third kappa shape index (κ3) is 2.08. The third-order valence-electron chi connectivity index (χ3n) is 2.64. The maximum Gasteiger partial charge on any atom is 0.321 e. The summed E-state index contributed by atoms with van der Waals surface area (Å²) in [7, 11) is 1.89. The molecule has 1 aromatic rings. The summed E-state index contributed by atoms with van der Waals surface area (Å²) in [4.78, 5) is 10.8. The molecule has 88 valence electrons. The van der Waals surface area contributed by atoms with Crippen LogP contribution in [0.3, 0.4) is 0 Å². The average Bonchev–Trinajstić information content (AvgIpc) is 2.82. The van der Waals surface area contributed by atoms with Crippen molar-refractivity contribution in [3.8, 4) is 0 Å². The predicted molar refractivity (Wildman–Crippen MR) is 62.3 cm³/mol. The Kier molecular flexibility index (Phi) is 3.20. The van der Waals surface area contributed by atoms with Crippen LogP contribution in [0.5, 0.6) is 0 Å². The minimum absolute atomic E-state index is 0.0600. The van der Waals surface area contributed by atoms with Gasteiger partial charge in [-0.3, -0.25) is 14.8 Å². The van der Waals surface area contributed by atoms with E-state index in [1.807, 2.05) is 13.2 Å². The highest BCUT2D eigenvalue weighted by Gasteiger charge is 2.32. The van der Waals surface area contributed by atoms with E-state index in [4.69, 9.17) is 5.11 Å². The van der Waals surface area contributed by atoms with Gasteiger partial charge in [-0.05, 0) is 6.42 Å². The lowest BCUT2D eigenvalue weighted by molar-refractivity contribution is -0.138. The quantitative estimate of drug-likeness (QED) is 0.818. The van der Waals surface area contributed by atoms with Crippen molar-refractivity contribution in [3.05, 3.63) is 17.5 Å². The van der Waals surface area contributed by atoms with E-state index in [9.17, 15) is 4.79 Å². The normalized spacial score (nSPS) is 24.9. The summed E-state index contributed by atoms with van der Waals surface area (Å²) in [5, 5.41) is 16.4. The van der Waals surface area contributed by atoms with Crippen LogP contribution in [0.1, 0.15) is 23.6 Å². The van der Waals surface area contributed by atoms with Crippen LogP contribution in [-0.2, 0) is 18.3 Å². The minimum Gasteiger partial charge on any atom is -0.480 e. The molecule has 2 heterocycles. The SMILES string of the molecule is CCc1nn(C)cc1C1NC(C(=O)O)CS1. The Morgan fingerprint density at radius 3 is 3.12 bits per heavy atom. The predicted octanol–water partition coefficient (Wildman–Crippen LogP) is 0.771. The molecule has 2 rings (SSSR count). The zero-order chi connectivity index (χ0) is 11.7. The van der Waals surface area contributed by atoms with Crippen molar-refractivity contribution < 1.29 is 9.90 Å². The van der Waals surface area contributed by atoms with Gasteiger partial charge in [0.15, 0.2) is 0 Å². The maximum absolute atomic E-state index is 10.8. The van der Waals surface area contributed by atoms with Gasteiger partial charge in [0.1, 0.15) is 6.04 Å². The van der Waals surface area contributed by atoms with Crippen LogP contribution in [-0.4, -0.2) is 32.7 Å². The number of hydrogen-bond donors (Lipinski definition) is 2. The van der Waals surface area contributed by atoms with Crippen molar-refractivity contribution >= 4 is 17.7 Å². The Balaban J connectivity index is 2.16. The largest absolute Gasteiger partial charge is 0.480 e. The van der Waals surface area contributed by atoms with E-state index in [-0.39, 0.29) is 5.37 Å². The molecule has 0 radical (unpaired) electrons. The van der Waals surface area contributed by atoms with E-state index < -0.39 is 12.0 Å². The zero-order valence-electron chi connectivity index (χ0n) is 9.30. The Bertz CT molecular complexity index is 405. The maximum atomic E-state index is 10.8. The van der Waals surface area contributed by atoms with E-state index >= 15 is 0 Å². The Morgan fingerprint density at radius 2 is 2.56 bits per heavy atom. The van der Waals surface area contributed by atoms with Gasteiger partial charge in [0.25, 0.3) is 0 Å². The summed E-state index contributed by atoms with van der Waals surface area (Å²) in [6.07, 6.45) is 2.83. The Morgan fingerprint density at radius 1 is 1.81 bits per heavy atom. The van der Waals surface area contributed by atoms with Crippen molar-refractivity contribution in [1.82, 2.24) is 15.1 Å². The van der Waals surface area contributed by atoms with Crippen molar-refractivity contribution in [1.29, 1.82) is 0 Å². The molecule has 16 heavy (non-hydrogen) atoms. The summed E-state index contributed by atoms with van der Waals surface area (Å²) < 4.78 is 1.78. The van der Waals surface area contributed by atoms with Crippen LogP contribution < -0.4 is 5.32 Å². The standard InChI is InChI=1S/C10H15N3O2S/c1-3-7-6(4-13(2)12-7)9-11-8(5-16-9)10(14)15/h4,8-9,11H,3,5H2,1-2H3,(H,14,15). The molecule has 0 aromatic carbocycles. The highest BCUT2D eigenvalue weighted by atomic mass is 32.2. The summed E-state index contributed by atoms with van der Waals surface area (Å²) in [5.41, 5.74) is 2.15. The van der Waals surface area contributed by atoms with Crippen LogP contribution >= 0.6 is 11.8 Å². The van der Waals surface area contributed by atoms with Gasteiger partial charge in [-0.2, -0.15) is 5.10 Å². The van der Waals surface area contributed by atoms with Crippen LogP contribution in [0.15, 0.2) is 6.20 Å². The highest BCUT2D eigenvalue weighted by molar-refractivity contribution is 7.99. The van der Waals surface area contributed by atoms with Gasteiger partial charge in [-0.1, -0.05) is 6.92 Å². The fraction of sp³-hybridized carbons (Fsp3) is 0.600. The first-order valence-electron chi connectivity index (χ1n) is 5.24. The molecule has 1 saturated heterocycles. The molecule has 0 saturated carbocycles. The van der Waals surface area contributed by atoms with E-state index in [0.717, 1.165) is 17.7 Å². The van der Waals surface area contributed by atoms with Gasteiger partial charge in [0.2, 0.25) is 0 Å². The molecular formula is C10H15N3O2S. The molecule has 0 bridgehead atoms. The number of aromatic nitrogens is 2. The van der Waals surface area contributed by atoms with Crippen molar-refractivity contribution in [2.45, 2.75) is 24.8 Å². The molecule has 2 unspecified atom stereocenters. The molecule has 1 aliphatic rings. The monoisotopic (exact) mass is 241 g/mol. The zero-order valence-corrected chi connectivity index (χ0v) is 10.1. The summed E-state index contributed by atoms with van der Waals surface area (Å²) in [6, 6.07) is -0.445. The summed E-state index contributed by atoms with van der Waals surface area (Å²) >= 11 is 1.63. The van der Waals surface area contributed by atoms with E-state index in [2.05, 4.69) is 17.3 Å². The molecular weight excluding hydrogens is 226 g/mol. The number of nitrogens with zero attached hydrogens (tertiary/aromatic N) is 2. The van der Waals surface area contributed by atoms with Gasteiger partial charge in [0.05, 0.1) is 11.1 Å². The van der Waals surface area contributed by atoms with Gasteiger partial charge in [-0.15, -0.1) is 11.8 Å². The molecule has 1 aromatic heterocycles. The van der Waals surface area contributed by atoms with E-state index in [1.54, 1.807) is 16.4 Å². The fourth-order valence-corrected chi connectivity index (χ4v) is 3.10. The summed E-state index contributed by atoms with van der Waals surface area (Å²) in [5.74, 6) is -0.171. The fourth-order valence-electron chi connectivity index (χ4n) is 1.84. The molecule has 2 N–H and O–H groups in total. The smallest absolute Gasteiger partial charge is 0.321 e. The first-order chi connectivity index (χ1) is 7.61. The van der Waals surface area contributed by atoms with Crippen LogP contribution in [0, 0.1) is 0 Å². The first kappa shape index (κ1) is 11.5. The minimum atomic E-state index is -0.781. The average molecular weight is 241 g/mol. The Labute approximate surface area is 98.2 Å². The second kappa shape index (κ2) is 4.47. The molecule has 0 aliphatic carbocycles. The lowest BCUT2D eigenvalue weighted by Crippen LogP contribution is -2.33. The molecule has 1 aliphatic heterocycles. The van der Waals surface area contributed by atoms with E-state index in [0.29, 0.717) is 5.75 Å². The second-order valence-electron chi connectivity index (χ2n) is 3.83. The van der Waals surface area contributed by atoms with Crippen molar-refractivity contribution in [3.63, 3.8) is 0 Å². The van der Waals surface area contributed by atoms with E-state index in [1.165, 1.54) is 0 Å². The van der Waals surface area contributed by atoms with Crippen LogP contribution in [0.25, 0.3) is 0 Å². The number of carboxylic acids is 1. The number of carboxylic acid groups (broad SMARTS) is 1. The number of hydrogen-bond acceptors (Lipinski definition) is 4. The number of aliphatic carboxylic acids is 1. The number of carbonyl (C=O) groups is 1. The molecule has 1 fully saturated rings. The lowest BCUT2D eigenvalue weighted by atomic mass is 10.2. The number of aryl methyl sites for hydroxylation is 2. The van der Waals surface area contributed by atoms with Gasteiger partial charge < -0.3 is 5.11 Å². The summed E-state index contributed by atoms with van der Waals surface area (Å²) in [6.45, 7) is 2.06. The van der Waals surface area contributed by atoms with Crippen molar-refractivity contribution in [2.75, 3.05) is 5.75 Å². The number of thioether (sulfide) groups is 1. The third-order valence-corrected chi connectivity index (χ3v) is 3.88. The molecule has 2 atom stereocenters. The highest BCUT2D eigenvalue weighted by Crippen LogP contribution is 2.34. The molecule has 0 amide bonds. The molecule has 5 nitrogen and oxygen atoms in total. The first-order valence-corrected chi connectivity index (χ1v) is 6.29. The number of rotatable bonds is 3. The van der Waals surface area contributed by atoms with Gasteiger partial charge >= 0.3 is 5.97 Å². The molecule has 6 heteroatoms. The lowest BCUT2D eigenvalue weighted by Gasteiger charge is -2.10. The second-order valence-corrected chi connectivity index (χ2v) is 4.97. The Hall–Kier alpha value is -1.01. The number of nitrogens with one attached hydrogen (secondary N) is 1. The van der Waals surface area contributed by atoms with Gasteiger partial charge in [-0.25, -0.2) is 0 Å².